The Morgan fingerprint density at radius 2 is 1.83 bits per heavy atom. The number of carbonyl (C=O) groups excluding carboxylic acids is 1. The molecule has 1 N–H and O–H groups in total. The minimum atomic E-state index is -0.556. The maximum absolute atomic E-state index is 13.2. The van der Waals surface area contributed by atoms with Crippen molar-refractivity contribution in [2.75, 3.05) is 14.2 Å². The van der Waals surface area contributed by atoms with Crippen LogP contribution in [0.25, 0.3) is 17.0 Å². The summed E-state index contributed by atoms with van der Waals surface area (Å²) in [4.78, 5) is 19.5. The van der Waals surface area contributed by atoms with Crippen LogP contribution in [0.15, 0.2) is 81.6 Å². The molecule has 2 aromatic heterocycles. The van der Waals surface area contributed by atoms with Crippen molar-refractivity contribution in [1.82, 2.24) is 20.4 Å². The van der Waals surface area contributed by atoms with Gasteiger partial charge in [0.25, 0.3) is 5.89 Å². The number of amides is 2. The minimum absolute atomic E-state index is 0.256. The van der Waals surface area contributed by atoms with Crippen LogP contribution in [0.4, 0.5) is 4.79 Å². The van der Waals surface area contributed by atoms with Gasteiger partial charge in [-0.25, -0.2) is 4.79 Å². The van der Waals surface area contributed by atoms with Crippen molar-refractivity contribution < 1.29 is 23.2 Å². The topological polar surface area (TPSA) is 103 Å². The molecule has 1 aliphatic rings. The SMILES string of the molecule is COc1ccc(C2NC(=O)N(Cc3ccco3)C(C)=C2c2nc(-c3ccccc3)no2)cc1OC. The Morgan fingerprint density at radius 3 is 2.54 bits per heavy atom. The molecule has 1 aliphatic heterocycles. The molecule has 1 unspecified atom stereocenters. The van der Waals surface area contributed by atoms with E-state index < -0.39 is 6.04 Å². The third-order valence-electron chi connectivity index (χ3n) is 5.92. The molecule has 0 saturated heterocycles. The first-order valence-corrected chi connectivity index (χ1v) is 11.0. The molecule has 0 fully saturated rings. The molecule has 4 aromatic rings. The molecule has 178 valence electrons. The van der Waals surface area contributed by atoms with Crippen molar-refractivity contribution in [3.05, 3.63) is 89.8 Å². The summed E-state index contributed by atoms with van der Waals surface area (Å²) in [6, 6.07) is 17.8. The normalized spacial score (nSPS) is 15.8. The first-order valence-electron chi connectivity index (χ1n) is 11.0. The summed E-state index contributed by atoms with van der Waals surface area (Å²) in [6.45, 7) is 2.11. The summed E-state index contributed by atoms with van der Waals surface area (Å²) >= 11 is 0. The highest BCUT2D eigenvalue weighted by Crippen LogP contribution is 2.40. The van der Waals surface area contributed by atoms with Crippen LogP contribution in [0.3, 0.4) is 0 Å². The second kappa shape index (κ2) is 9.38. The van der Waals surface area contributed by atoms with E-state index in [1.54, 1.807) is 37.5 Å². The fourth-order valence-corrected chi connectivity index (χ4v) is 4.13. The lowest BCUT2D eigenvalue weighted by molar-refractivity contribution is 0.199. The maximum atomic E-state index is 13.2. The first-order chi connectivity index (χ1) is 17.1. The van der Waals surface area contributed by atoms with Gasteiger partial charge in [-0.2, -0.15) is 4.98 Å². The Bertz CT molecular complexity index is 1360. The second-order valence-corrected chi connectivity index (χ2v) is 7.95. The van der Waals surface area contributed by atoms with Crippen LogP contribution in [0.1, 0.15) is 30.2 Å². The molecule has 0 spiro atoms. The van der Waals surface area contributed by atoms with Crippen molar-refractivity contribution in [1.29, 1.82) is 0 Å². The molecule has 35 heavy (non-hydrogen) atoms. The summed E-state index contributed by atoms with van der Waals surface area (Å²) in [5.41, 5.74) is 2.96. The van der Waals surface area contributed by atoms with Gasteiger partial charge in [-0.3, -0.25) is 4.90 Å². The lowest BCUT2D eigenvalue weighted by atomic mass is 9.94. The van der Waals surface area contributed by atoms with E-state index in [0.717, 1.165) is 11.1 Å². The van der Waals surface area contributed by atoms with E-state index in [9.17, 15) is 4.79 Å². The zero-order valence-electron chi connectivity index (χ0n) is 19.5. The van der Waals surface area contributed by atoms with Gasteiger partial charge in [0.15, 0.2) is 11.5 Å². The summed E-state index contributed by atoms with van der Waals surface area (Å²) < 4.78 is 22.1. The van der Waals surface area contributed by atoms with Gasteiger partial charge in [0.2, 0.25) is 5.82 Å². The van der Waals surface area contributed by atoms with E-state index in [0.29, 0.717) is 40.2 Å². The Morgan fingerprint density at radius 1 is 1.03 bits per heavy atom. The molecule has 5 rings (SSSR count). The summed E-state index contributed by atoms with van der Waals surface area (Å²) in [5.74, 6) is 2.56. The number of hydrogen-bond acceptors (Lipinski definition) is 7. The van der Waals surface area contributed by atoms with Gasteiger partial charge in [0.05, 0.1) is 38.6 Å². The third-order valence-corrected chi connectivity index (χ3v) is 5.92. The van der Waals surface area contributed by atoms with E-state index in [1.165, 1.54) is 0 Å². The van der Waals surface area contributed by atoms with Crippen LogP contribution in [0.5, 0.6) is 11.5 Å². The van der Waals surface area contributed by atoms with E-state index in [2.05, 4.69) is 15.5 Å². The largest absolute Gasteiger partial charge is 0.493 e. The molecule has 0 saturated carbocycles. The number of furan rings is 1. The molecule has 3 heterocycles. The zero-order chi connectivity index (χ0) is 24.4. The van der Waals surface area contributed by atoms with Crippen molar-refractivity contribution in [3.63, 3.8) is 0 Å². The van der Waals surface area contributed by atoms with Gasteiger partial charge in [0, 0.05) is 11.3 Å². The third kappa shape index (κ3) is 4.23. The summed E-state index contributed by atoms with van der Waals surface area (Å²) in [5, 5.41) is 7.27. The van der Waals surface area contributed by atoms with Crippen LogP contribution in [0, 0.1) is 0 Å². The van der Waals surface area contributed by atoms with Crippen molar-refractivity contribution in [3.8, 4) is 22.9 Å². The minimum Gasteiger partial charge on any atom is -0.493 e. The van der Waals surface area contributed by atoms with Gasteiger partial charge in [-0.05, 0) is 36.8 Å². The van der Waals surface area contributed by atoms with Crippen molar-refractivity contribution in [2.24, 2.45) is 0 Å². The van der Waals surface area contributed by atoms with E-state index in [4.69, 9.17) is 18.4 Å². The van der Waals surface area contributed by atoms with Gasteiger partial charge >= 0.3 is 6.03 Å². The molecule has 0 bridgehead atoms. The van der Waals surface area contributed by atoms with E-state index >= 15 is 0 Å². The van der Waals surface area contributed by atoms with Gasteiger partial charge < -0.3 is 23.7 Å². The Kier molecular flexibility index (Phi) is 5.97. The molecule has 0 aliphatic carbocycles. The molecule has 9 heteroatoms. The van der Waals surface area contributed by atoms with E-state index in [-0.39, 0.29) is 12.6 Å². The van der Waals surface area contributed by atoms with Gasteiger partial charge in [0.1, 0.15) is 5.76 Å². The van der Waals surface area contributed by atoms with Crippen LogP contribution in [0.2, 0.25) is 0 Å². The zero-order valence-corrected chi connectivity index (χ0v) is 19.5. The Balaban J connectivity index is 1.62. The monoisotopic (exact) mass is 472 g/mol. The number of benzene rings is 2. The molecular formula is C26H24N4O5. The smallest absolute Gasteiger partial charge is 0.322 e. The molecule has 2 amide bonds. The molecule has 0 radical (unpaired) electrons. The standard InChI is InChI=1S/C26H24N4O5/c1-16-22(25-28-24(29-35-25)17-8-5-4-6-9-17)23(18-11-12-20(32-2)21(14-18)33-3)27-26(31)30(16)15-19-10-7-13-34-19/h4-14,23H,15H2,1-3H3,(H,27,31). The second-order valence-electron chi connectivity index (χ2n) is 7.95. The number of rotatable bonds is 7. The van der Waals surface area contributed by atoms with E-state index in [1.807, 2.05) is 55.5 Å². The fraction of sp³-hybridized carbons (Fsp3) is 0.192. The molecular weight excluding hydrogens is 448 g/mol. The first kappa shape index (κ1) is 22.3. The average molecular weight is 473 g/mol. The molecule has 1 atom stereocenters. The van der Waals surface area contributed by atoms with Crippen LogP contribution in [-0.2, 0) is 6.54 Å². The Labute approximate surface area is 202 Å². The quantitative estimate of drug-likeness (QED) is 0.402. The number of ether oxygens (including phenoxy) is 2. The highest BCUT2D eigenvalue weighted by atomic mass is 16.5. The van der Waals surface area contributed by atoms with Crippen molar-refractivity contribution in [2.45, 2.75) is 19.5 Å². The maximum Gasteiger partial charge on any atom is 0.322 e. The number of carbonyl (C=O) groups is 1. The predicted octanol–water partition coefficient (Wildman–Crippen LogP) is 5.04. The lowest BCUT2D eigenvalue weighted by Crippen LogP contribution is -2.45. The number of methoxy groups -OCH3 is 2. The molecule has 2 aromatic carbocycles. The summed E-state index contributed by atoms with van der Waals surface area (Å²) in [7, 11) is 3.14. The lowest BCUT2D eigenvalue weighted by Gasteiger charge is -2.34. The number of aromatic nitrogens is 2. The predicted molar refractivity (Wildman–Crippen MR) is 127 cm³/mol. The number of nitrogens with zero attached hydrogens (tertiary/aromatic N) is 3. The highest BCUT2D eigenvalue weighted by molar-refractivity contribution is 5.87. The number of allylic oxidation sites excluding steroid dienone is 1. The molecule has 9 nitrogen and oxygen atoms in total. The van der Waals surface area contributed by atoms with Gasteiger partial charge in [-0.1, -0.05) is 41.6 Å². The van der Waals surface area contributed by atoms with Gasteiger partial charge in [-0.15, -0.1) is 0 Å². The number of urea groups is 1. The fourth-order valence-electron chi connectivity index (χ4n) is 4.13. The average Bonchev–Trinajstić information content (AvgIpc) is 3.59. The van der Waals surface area contributed by atoms with Crippen molar-refractivity contribution >= 4 is 11.6 Å². The number of hydrogen-bond donors (Lipinski definition) is 1. The van der Waals surface area contributed by atoms with Crippen LogP contribution < -0.4 is 14.8 Å². The summed E-state index contributed by atoms with van der Waals surface area (Å²) in [6.07, 6.45) is 1.58. The highest BCUT2D eigenvalue weighted by Gasteiger charge is 2.36. The van der Waals surface area contributed by atoms with Crippen LogP contribution in [-0.4, -0.2) is 35.3 Å². The van der Waals surface area contributed by atoms with Crippen LogP contribution >= 0.6 is 0 Å². The number of nitrogens with one attached hydrogen (secondary N) is 1. The Hall–Kier alpha value is -4.53.